The first-order chi connectivity index (χ1) is 20.2. The molecule has 1 saturated carbocycles. The first-order valence-electron chi connectivity index (χ1n) is 15.8. The number of nitrogens with one attached hydrogen (secondary N) is 2. The number of fused-ring (bicyclic) bond motifs is 1. The second-order valence-electron chi connectivity index (χ2n) is 13.4. The molecule has 3 fully saturated rings. The van der Waals surface area contributed by atoms with Crippen LogP contribution in [0, 0.1) is 25.2 Å². The number of likely N-dealkylation sites (tertiary alicyclic amines) is 2. The number of para-hydroxylation sites is 1. The molecule has 2 saturated heterocycles. The van der Waals surface area contributed by atoms with Crippen LogP contribution < -0.4 is 10.9 Å². The van der Waals surface area contributed by atoms with Crippen molar-refractivity contribution in [3.8, 4) is 0 Å². The van der Waals surface area contributed by atoms with Gasteiger partial charge in [0.2, 0.25) is 0 Å². The van der Waals surface area contributed by atoms with Crippen molar-refractivity contribution in [1.29, 1.82) is 0 Å². The fourth-order valence-electron chi connectivity index (χ4n) is 8.43. The summed E-state index contributed by atoms with van der Waals surface area (Å²) < 4.78 is 2.42. The summed E-state index contributed by atoms with van der Waals surface area (Å²) in [6, 6.07) is 11.3. The Kier molecular flexibility index (Phi) is 8.33. The van der Waals surface area contributed by atoms with E-state index in [0.29, 0.717) is 22.9 Å². The summed E-state index contributed by atoms with van der Waals surface area (Å²) in [4.78, 5) is 35.5. The molecule has 6 rings (SSSR count). The van der Waals surface area contributed by atoms with E-state index >= 15 is 0 Å². The molecule has 0 bridgehead atoms. The van der Waals surface area contributed by atoms with Crippen LogP contribution in [0.3, 0.4) is 0 Å². The monoisotopic (exact) mass is 589 g/mol. The largest absolute Gasteiger partial charge is 0.348 e. The highest BCUT2D eigenvalue weighted by Gasteiger charge is 2.44. The number of aromatic nitrogens is 2. The zero-order chi connectivity index (χ0) is 29.6. The number of hydrogen-bond donors (Lipinski definition) is 2. The van der Waals surface area contributed by atoms with E-state index < -0.39 is 0 Å². The summed E-state index contributed by atoms with van der Waals surface area (Å²) >= 11 is 1.53. The van der Waals surface area contributed by atoms with E-state index in [2.05, 4.69) is 63.8 Å². The predicted octanol–water partition coefficient (Wildman–Crippen LogP) is 5.75. The van der Waals surface area contributed by atoms with Crippen LogP contribution in [0.5, 0.6) is 0 Å². The van der Waals surface area contributed by atoms with Crippen molar-refractivity contribution >= 4 is 28.6 Å². The SMILES string of the molecule is CSc1cc(C)[nH]c(=O)c1CNC(=O)c1c(C)n([C@H](C)C2CCC(N3CCC4(CCN(C)C4)C3)CC2)c2ccccc12. The van der Waals surface area contributed by atoms with Crippen molar-refractivity contribution in [3.63, 3.8) is 0 Å². The molecule has 1 spiro atoms. The molecular weight excluding hydrogens is 542 g/mol. The van der Waals surface area contributed by atoms with Crippen molar-refractivity contribution in [2.75, 3.05) is 39.5 Å². The van der Waals surface area contributed by atoms with Crippen LogP contribution in [0.1, 0.15) is 78.8 Å². The summed E-state index contributed by atoms with van der Waals surface area (Å²) in [5, 5.41) is 4.07. The molecule has 1 aliphatic carbocycles. The van der Waals surface area contributed by atoms with E-state index in [1.165, 1.54) is 76.5 Å². The number of amides is 1. The number of H-pyrrole nitrogens is 1. The lowest BCUT2D eigenvalue weighted by Crippen LogP contribution is -2.39. The standard InChI is InChI=1S/C34H47N5O2S/c1-22-18-30(42-5)28(32(40)36-22)19-35-33(41)31-24(3)39(29-9-7-6-8-27(29)31)23(2)25-10-12-26(13-11-25)38-17-15-34(21-38)14-16-37(4)20-34/h6-9,18,23,25-26H,10-17,19-21H2,1-5H3,(H,35,41)(H,36,40)/t23-,25?,26?,34?/m1/s1. The number of nitrogens with zero attached hydrogens (tertiary/aromatic N) is 3. The molecule has 0 radical (unpaired) electrons. The van der Waals surface area contributed by atoms with Gasteiger partial charge in [-0.25, -0.2) is 0 Å². The van der Waals surface area contributed by atoms with Gasteiger partial charge in [-0.2, -0.15) is 0 Å². The van der Waals surface area contributed by atoms with Gasteiger partial charge < -0.3 is 19.8 Å². The maximum atomic E-state index is 13.7. The molecule has 2 aliphatic heterocycles. The maximum absolute atomic E-state index is 13.7. The molecule has 7 nitrogen and oxygen atoms in total. The molecule has 2 aromatic heterocycles. The lowest BCUT2D eigenvalue weighted by molar-refractivity contribution is 0.0950. The van der Waals surface area contributed by atoms with Gasteiger partial charge in [0.05, 0.1) is 5.56 Å². The molecule has 42 heavy (non-hydrogen) atoms. The van der Waals surface area contributed by atoms with Crippen molar-refractivity contribution in [1.82, 2.24) is 24.7 Å². The Labute approximate surface area is 254 Å². The van der Waals surface area contributed by atoms with E-state index in [1.54, 1.807) is 0 Å². The molecule has 1 amide bonds. The number of rotatable bonds is 7. The Balaban J connectivity index is 1.17. The van der Waals surface area contributed by atoms with E-state index in [0.717, 1.165) is 38.8 Å². The van der Waals surface area contributed by atoms with Gasteiger partial charge in [0.25, 0.3) is 11.5 Å². The van der Waals surface area contributed by atoms with Crippen molar-refractivity contribution in [2.45, 2.75) is 82.8 Å². The maximum Gasteiger partial charge on any atom is 0.254 e. The number of benzene rings is 1. The van der Waals surface area contributed by atoms with Crippen molar-refractivity contribution in [3.05, 3.63) is 63.2 Å². The predicted molar refractivity (Wildman–Crippen MR) is 173 cm³/mol. The number of thioether (sulfide) groups is 1. The Bertz CT molecular complexity index is 1520. The number of carbonyl (C=O) groups excluding carboxylic acids is 1. The minimum Gasteiger partial charge on any atom is -0.348 e. The van der Waals surface area contributed by atoms with Crippen molar-refractivity contribution in [2.24, 2.45) is 11.3 Å². The Morgan fingerprint density at radius 2 is 1.86 bits per heavy atom. The fraction of sp³-hybridized carbons (Fsp3) is 0.588. The lowest BCUT2D eigenvalue weighted by atomic mass is 9.81. The third kappa shape index (κ3) is 5.46. The molecule has 8 heteroatoms. The number of aryl methyl sites for hydroxylation is 1. The Morgan fingerprint density at radius 3 is 2.57 bits per heavy atom. The van der Waals surface area contributed by atoms with Gasteiger partial charge in [0.15, 0.2) is 0 Å². The van der Waals surface area contributed by atoms with Crippen LogP contribution in [0.25, 0.3) is 10.9 Å². The average molecular weight is 590 g/mol. The second kappa shape index (κ2) is 11.9. The van der Waals surface area contributed by atoms with Crippen LogP contribution in [0.2, 0.25) is 0 Å². The molecule has 2 atom stereocenters. The van der Waals surface area contributed by atoms with Gasteiger partial charge in [-0.15, -0.1) is 11.8 Å². The fourth-order valence-corrected chi connectivity index (χ4v) is 9.13. The van der Waals surface area contributed by atoms with Crippen LogP contribution in [-0.2, 0) is 6.54 Å². The van der Waals surface area contributed by atoms with E-state index in [9.17, 15) is 9.59 Å². The first kappa shape index (κ1) is 29.5. The Morgan fingerprint density at radius 1 is 1.12 bits per heavy atom. The smallest absolute Gasteiger partial charge is 0.254 e. The summed E-state index contributed by atoms with van der Waals surface area (Å²) in [6.45, 7) is 11.6. The summed E-state index contributed by atoms with van der Waals surface area (Å²) in [5.41, 5.74) is 4.70. The zero-order valence-corrected chi connectivity index (χ0v) is 26.8. The minimum absolute atomic E-state index is 0.120. The molecule has 3 aliphatic rings. The van der Waals surface area contributed by atoms with Crippen molar-refractivity contribution < 1.29 is 4.79 Å². The Hall–Kier alpha value is -2.55. The molecule has 4 heterocycles. The number of pyridine rings is 1. The van der Waals surface area contributed by atoms with E-state index in [4.69, 9.17) is 0 Å². The third-order valence-corrected chi connectivity index (χ3v) is 11.5. The van der Waals surface area contributed by atoms with Gasteiger partial charge in [-0.05, 0) is 109 Å². The molecule has 1 unspecified atom stereocenters. The number of aromatic amines is 1. The van der Waals surface area contributed by atoms with Crippen LogP contribution >= 0.6 is 11.8 Å². The summed E-state index contributed by atoms with van der Waals surface area (Å²) in [7, 11) is 2.28. The summed E-state index contributed by atoms with van der Waals surface area (Å²) in [5.74, 6) is 0.474. The van der Waals surface area contributed by atoms with Crippen LogP contribution in [0.4, 0.5) is 0 Å². The van der Waals surface area contributed by atoms with Gasteiger partial charge in [-0.3, -0.25) is 14.5 Å². The lowest BCUT2D eigenvalue weighted by Gasteiger charge is -2.38. The molecular formula is C34H47N5O2S. The molecule has 226 valence electrons. The molecule has 1 aromatic carbocycles. The number of carbonyl (C=O) groups is 1. The first-order valence-corrected chi connectivity index (χ1v) is 17.0. The number of hydrogen-bond acceptors (Lipinski definition) is 5. The normalized spacial score (nSPS) is 25.9. The average Bonchev–Trinajstić information content (AvgIpc) is 3.65. The van der Waals surface area contributed by atoms with Gasteiger partial charge >= 0.3 is 0 Å². The molecule has 3 aromatic rings. The topological polar surface area (TPSA) is 73.4 Å². The van der Waals surface area contributed by atoms with Gasteiger partial charge in [0, 0.05) is 64.5 Å². The molecule has 2 N–H and O–H groups in total. The highest BCUT2D eigenvalue weighted by Crippen LogP contribution is 2.43. The van der Waals surface area contributed by atoms with E-state index in [-0.39, 0.29) is 18.0 Å². The van der Waals surface area contributed by atoms with Gasteiger partial charge in [0.1, 0.15) is 0 Å². The highest BCUT2D eigenvalue weighted by molar-refractivity contribution is 7.98. The third-order valence-electron chi connectivity index (χ3n) is 10.7. The van der Waals surface area contributed by atoms with Crippen LogP contribution in [0.15, 0.2) is 40.0 Å². The highest BCUT2D eigenvalue weighted by atomic mass is 32.2. The van der Waals surface area contributed by atoms with Crippen LogP contribution in [-0.4, -0.2) is 70.8 Å². The zero-order valence-electron chi connectivity index (χ0n) is 26.0. The summed E-state index contributed by atoms with van der Waals surface area (Å²) in [6.07, 6.45) is 9.70. The second-order valence-corrected chi connectivity index (χ2v) is 14.2. The van der Waals surface area contributed by atoms with E-state index in [1.807, 2.05) is 25.3 Å². The quantitative estimate of drug-likeness (QED) is 0.344. The minimum atomic E-state index is -0.136. The van der Waals surface area contributed by atoms with Gasteiger partial charge in [-0.1, -0.05) is 18.2 Å².